The number of alkyl halides is 1. The summed E-state index contributed by atoms with van der Waals surface area (Å²) >= 11 is 0. The van der Waals surface area contributed by atoms with E-state index in [0.717, 1.165) is 12.1 Å². The van der Waals surface area contributed by atoms with Gasteiger partial charge in [-0.25, -0.2) is 14.4 Å². The number of aryl methyl sites for hydroxylation is 1. The normalized spacial score (nSPS) is 22.6. The average Bonchev–Trinajstić information content (AvgIpc) is 3.19. The molecule has 1 saturated heterocycles. The van der Waals surface area contributed by atoms with Crippen molar-refractivity contribution in [2.45, 2.75) is 32.5 Å². The second-order valence-corrected chi connectivity index (χ2v) is 8.75. The number of anilines is 1. The molecule has 1 saturated carbocycles. The Balaban J connectivity index is 1.39. The van der Waals surface area contributed by atoms with E-state index < -0.39 is 6.17 Å². The Labute approximate surface area is 191 Å². The first-order chi connectivity index (χ1) is 15.9. The number of fused-ring (bicyclic) bond motifs is 1. The highest BCUT2D eigenvalue weighted by Crippen LogP contribution is 2.51. The maximum absolute atomic E-state index is 13.8. The molecule has 3 aromatic heterocycles. The molecule has 0 spiro atoms. The first-order valence-electron chi connectivity index (χ1n) is 11.1. The lowest BCUT2D eigenvalue weighted by Crippen LogP contribution is -2.48. The monoisotopic (exact) mass is 447 g/mol. The summed E-state index contributed by atoms with van der Waals surface area (Å²) in [6.45, 7) is 8.67. The van der Waals surface area contributed by atoms with Gasteiger partial charge in [0.2, 0.25) is 0 Å². The van der Waals surface area contributed by atoms with Crippen molar-refractivity contribution < 1.29 is 9.18 Å². The molecule has 9 heteroatoms. The van der Waals surface area contributed by atoms with Crippen molar-refractivity contribution in [2.75, 3.05) is 18.4 Å². The van der Waals surface area contributed by atoms with E-state index in [-0.39, 0.29) is 11.9 Å². The number of carbonyl (C=O) groups excluding carboxylic acids is 1. The number of amides is 1. The highest BCUT2D eigenvalue weighted by molar-refractivity contribution is 5.96. The minimum absolute atomic E-state index is 0.0553. The number of halogens is 1. The van der Waals surface area contributed by atoms with Crippen LogP contribution < -0.4 is 5.32 Å². The van der Waals surface area contributed by atoms with Crippen LogP contribution in [0, 0.1) is 18.8 Å². The van der Waals surface area contributed by atoms with Gasteiger partial charge in [-0.1, -0.05) is 18.2 Å². The molecule has 2 aliphatic rings. The molecule has 0 bridgehead atoms. The molecule has 0 radical (unpaired) electrons. The third kappa shape index (κ3) is 4.10. The van der Waals surface area contributed by atoms with Crippen molar-refractivity contribution in [1.29, 1.82) is 0 Å². The fourth-order valence-electron chi connectivity index (χ4n) is 4.54. The van der Waals surface area contributed by atoms with E-state index in [1.54, 1.807) is 24.5 Å². The number of nitrogens with zero attached hydrogens (tertiary/aromatic N) is 6. The van der Waals surface area contributed by atoms with Crippen LogP contribution in [-0.2, 0) is 0 Å². The van der Waals surface area contributed by atoms with Gasteiger partial charge in [0.25, 0.3) is 5.91 Å². The fourth-order valence-corrected chi connectivity index (χ4v) is 4.54. The Hall–Kier alpha value is -3.62. The number of nitrogens with one attached hydrogen (secondary N) is 1. The summed E-state index contributed by atoms with van der Waals surface area (Å²) in [5.41, 5.74) is 3.39. The topological polar surface area (TPSA) is 88.8 Å². The second kappa shape index (κ2) is 8.38. The largest absolute Gasteiger partial charge is 0.368 e. The summed E-state index contributed by atoms with van der Waals surface area (Å²) < 4.78 is 13.5. The van der Waals surface area contributed by atoms with E-state index in [1.807, 2.05) is 24.0 Å². The van der Waals surface area contributed by atoms with Crippen molar-refractivity contribution >= 4 is 11.7 Å². The minimum Gasteiger partial charge on any atom is -0.368 e. The Kier molecular flexibility index (Phi) is 5.39. The van der Waals surface area contributed by atoms with Crippen LogP contribution in [0.2, 0.25) is 0 Å². The molecule has 33 heavy (non-hydrogen) atoms. The van der Waals surface area contributed by atoms with Crippen molar-refractivity contribution in [3.05, 3.63) is 72.0 Å². The van der Waals surface area contributed by atoms with Crippen LogP contribution in [0.5, 0.6) is 0 Å². The summed E-state index contributed by atoms with van der Waals surface area (Å²) in [6, 6.07) is 7.10. The molecular weight excluding hydrogens is 421 g/mol. The highest BCUT2D eigenvalue weighted by atomic mass is 19.1. The van der Waals surface area contributed by atoms with Gasteiger partial charge in [-0.3, -0.25) is 4.79 Å². The molecule has 4 atom stereocenters. The van der Waals surface area contributed by atoms with E-state index in [0.29, 0.717) is 47.7 Å². The summed E-state index contributed by atoms with van der Waals surface area (Å²) in [5.74, 6) is 1.29. The van der Waals surface area contributed by atoms with Crippen LogP contribution in [0.25, 0.3) is 5.69 Å². The number of hydrogen-bond donors (Lipinski definition) is 1. The van der Waals surface area contributed by atoms with Gasteiger partial charge in [0, 0.05) is 42.5 Å². The molecule has 170 valence electrons. The van der Waals surface area contributed by atoms with Crippen LogP contribution in [0.4, 0.5) is 10.2 Å². The van der Waals surface area contributed by atoms with E-state index >= 15 is 0 Å². The van der Waals surface area contributed by atoms with Gasteiger partial charge in [0.1, 0.15) is 17.7 Å². The predicted octanol–water partition coefficient (Wildman–Crippen LogP) is 3.53. The number of aromatic nitrogens is 5. The van der Waals surface area contributed by atoms with Crippen LogP contribution in [0.1, 0.15) is 41.3 Å². The van der Waals surface area contributed by atoms with E-state index in [2.05, 4.69) is 32.1 Å². The lowest BCUT2D eigenvalue weighted by atomic mass is 10.0. The predicted molar refractivity (Wildman–Crippen MR) is 122 cm³/mol. The third-order valence-corrected chi connectivity index (χ3v) is 6.56. The summed E-state index contributed by atoms with van der Waals surface area (Å²) in [4.78, 5) is 25.9. The zero-order chi connectivity index (χ0) is 23.1. The third-order valence-electron chi connectivity index (χ3n) is 6.56. The molecule has 5 rings (SSSR count). The van der Waals surface area contributed by atoms with Crippen LogP contribution in [0.15, 0.2) is 55.0 Å². The molecule has 3 aromatic rings. The Morgan fingerprint density at radius 1 is 1.24 bits per heavy atom. The number of pyridine rings is 2. The van der Waals surface area contributed by atoms with Crippen LogP contribution >= 0.6 is 0 Å². The minimum atomic E-state index is -1.06. The molecule has 1 aliphatic carbocycles. The van der Waals surface area contributed by atoms with Crippen LogP contribution in [0.3, 0.4) is 0 Å². The zero-order valence-corrected chi connectivity index (χ0v) is 18.6. The molecule has 0 aromatic carbocycles. The smallest absolute Gasteiger partial charge is 0.275 e. The van der Waals surface area contributed by atoms with Crippen molar-refractivity contribution in [1.82, 2.24) is 29.9 Å². The van der Waals surface area contributed by atoms with E-state index in [4.69, 9.17) is 0 Å². The van der Waals surface area contributed by atoms with Gasteiger partial charge in [-0.2, -0.15) is 10.2 Å². The lowest BCUT2D eigenvalue weighted by Gasteiger charge is -2.35. The first-order valence-corrected chi connectivity index (χ1v) is 11.1. The molecular formula is C24H26FN7O. The summed E-state index contributed by atoms with van der Waals surface area (Å²) in [7, 11) is 0. The average molecular weight is 448 g/mol. The van der Waals surface area contributed by atoms with Crippen molar-refractivity contribution in [2.24, 2.45) is 11.8 Å². The molecule has 2 fully saturated rings. The van der Waals surface area contributed by atoms with E-state index in [9.17, 15) is 9.18 Å². The van der Waals surface area contributed by atoms with Crippen molar-refractivity contribution in [3.63, 3.8) is 0 Å². The number of piperidine rings is 1. The summed E-state index contributed by atoms with van der Waals surface area (Å²) in [6.07, 6.45) is 4.46. The Bertz CT molecular complexity index is 1180. The SMILES string of the molecule is C=C1C2CC(CNc3ccc(C(C)F)cn3)N(C(=O)c3nc(C)ccc3-n3nccn3)CC12. The molecule has 1 amide bonds. The van der Waals surface area contributed by atoms with Gasteiger partial charge < -0.3 is 10.2 Å². The molecule has 4 heterocycles. The second-order valence-electron chi connectivity index (χ2n) is 8.75. The first kappa shape index (κ1) is 21.2. The Morgan fingerprint density at radius 3 is 2.73 bits per heavy atom. The summed E-state index contributed by atoms with van der Waals surface area (Å²) in [5, 5.41) is 11.7. The number of hydrogen-bond acceptors (Lipinski definition) is 6. The maximum Gasteiger partial charge on any atom is 0.275 e. The number of carbonyl (C=O) groups is 1. The molecule has 1 N–H and O–H groups in total. The van der Waals surface area contributed by atoms with Crippen LogP contribution in [-0.4, -0.2) is 54.9 Å². The van der Waals surface area contributed by atoms with Gasteiger partial charge in [-0.15, -0.1) is 4.80 Å². The molecule has 4 unspecified atom stereocenters. The zero-order valence-electron chi connectivity index (χ0n) is 18.6. The number of rotatable bonds is 6. The molecule has 8 nitrogen and oxygen atoms in total. The van der Waals surface area contributed by atoms with Gasteiger partial charge in [0.15, 0.2) is 5.69 Å². The lowest BCUT2D eigenvalue weighted by molar-refractivity contribution is 0.0609. The van der Waals surface area contributed by atoms with Gasteiger partial charge >= 0.3 is 0 Å². The maximum atomic E-state index is 13.8. The fraction of sp³-hybridized carbons (Fsp3) is 0.375. The Morgan fingerprint density at radius 2 is 2.03 bits per heavy atom. The van der Waals surface area contributed by atoms with E-state index in [1.165, 1.54) is 23.5 Å². The molecule has 1 aliphatic heterocycles. The van der Waals surface area contributed by atoms with Gasteiger partial charge in [-0.05, 0) is 44.4 Å². The number of likely N-dealkylation sites (tertiary alicyclic amines) is 1. The quantitative estimate of drug-likeness (QED) is 0.582. The highest BCUT2D eigenvalue weighted by Gasteiger charge is 2.50. The van der Waals surface area contributed by atoms with Crippen molar-refractivity contribution in [3.8, 4) is 5.69 Å². The standard InChI is InChI=1S/C24H26FN7O/c1-14-4-6-21(32-28-8-9-29-32)23(30-14)24(33)31-13-20-15(2)19(20)10-18(31)12-27-22-7-5-17(11-26-22)16(3)25/h4-9,11,16,18-20H,2,10,12-13H2,1,3H3,(H,26,27). The van der Waals surface area contributed by atoms with Gasteiger partial charge in [0.05, 0.1) is 12.4 Å².